The summed E-state index contributed by atoms with van der Waals surface area (Å²) in [6.45, 7) is 0. The number of phenols is 1. The van der Waals surface area contributed by atoms with Gasteiger partial charge in [-0.15, -0.1) is 12.4 Å². The molecule has 1 N–H and O–H groups in total. The molecular formula is C7H6Cl2OS. The summed E-state index contributed by atoms with van der Waals surface area (Å²) < 4.78 is 0.193. The zero-order valence-corrected chi connectivity index (χ0v) is 7.84. The zero-order valence-electron chi connectivity index (χ0n) is 5.45. The molecule has 0 unspecified atom stereocenters. The minimum Gasteiger partial charge on any atom is -0.507 e. The third kappa shape index (κ3) is 2.66. The topological polar surface area (TPSA) is 20.2 Å². The second-order valence-corrected chi connectivity index (χ2v) is 2.80. The Bertz CT molecular complexity index is 262. The van der Waals surface area contributed by atoms with Crippen LogP contribution in [-0.2, 0) is 0 Å². The Morgan fingerprint density at radius 2 is 1.91 bits per heavy atom. The number of aromatic hydroxyl groups is 1. The minimum absolute atomic E-state index is 0. The molecule has 0 aliphatic carbocycles. The monoisotopic (exact) mass is 208 g/mol. The molecule has 0 aliphatic rings. The van der Waals surface area contributed by atoms with Crippen molar-refractivity contribution in [1.29, 1.82) is 0 Å². The Hall–Kier alpha value is -0.310. The fourth-order valence-corrected chi connectivity index (χ4v) is 0.972. The van der Waals surface area contributed by atoms with Crippen molar-refractivity contribution in [3.05, 3.63) is 29.8 Å². The molecule has 60 valence electrons. The number of halogens is 2. The first kappa shape index (κ1) is 10.7. The second kappa shape index (κ2) is 4.54. The fourth-order valence-electron chi connectivity index (χ4n) is 0.640. The standard InChI is InChI=1S/C7H5ClOS.ClH/c8-7(10)5-3-1-2-4-6(5)9;/h1-4,9H;1H. The van der Waals surface area contributed by atoms with Gasteiger partial charge in [-0.2, -0.15) is 0 Å². The number of benzene rings is 1. The van der Waals surface area contributed by atoms with E-state index in [-0.39, 0.29) is 22.5 Å². The highest BCUT2D eigenvalue weighted by Crippen LogP contribution is 2.17. The Labute approximate surface area is 81.4 Å². The lowest BCUT2D eigenvalue weighted by Gasteiger charge is -1.97. The molecule has 0 bridgehead atoms. The first-order valence-corrected chi connectivity index (χ1v) is 3.48. The predicted octanol–water partition coefficient (Wildman–Crippen LogP) is 2.73. The fraction of sp³-hybridized carbons (Fsp3) is 0. The highest BCUT2D eigenvalue weighted by molar-refractivity contribution is 7.83. The Morgan fingerprint density at radius 1 is 1.36 bits per heavy atom. The third-order valence-electron chi connectivity index (χ3n) is 1.12. The minimum atomic E-state index is 0. The molecule has 0 aromatic heterocycles. The molecule has 1 rings (SSSR count). The van der Waals surface area contributed by atoms with Crippen LogP contribution in [0.2, 0.25) is 0 Å². The van der Waals surface area contributed by atoms with Gasteiger partial charge < -0.3 is 5.11 Å². The number of hydrogen-bond acceptors (Lipinski definition) is 2. The van der Waals surface area contributed by atoms with E-state index in [9.17, 15) is 0 Å². The molecule has 0 aliphatic heterocycles. The van der Waals surface area contributed by atoms with Crippen molar-refractivity contribution in [3.8, 4) is 5.75 Å². The van der Waals surface area contributed by atoms with Gasteiger partial charge in [0.2, 0.25) is 0 Å². The number of phenolic OH excluding ortho intramolecular Hbond substituents is 1. The van der Waals surface area contributed by atoms with Gasteiger partial charge in [0.15, 0.2) is 0 Å². The molecule has 11 heavy (non-hydrogen) atoms. The maximum absolute atomic E-state index is 9.11. The predicted molar refractivity (Wildman–Crippen MR) is 52.9 cm³/mol. The van der Waals surface area contributed by atoms with E-state index >= 15 is 0 Å². The summed E-state index contributed by atoms with van der Waals surface area (Å²) in [6, 6.07) is 6.70. The number of para-hydroxylation sites is 1. The lowest BCUT2D eigenvalue weighted by Crippen LogP contribution is -1.85. The molecule has 0 radical (unpaired) electrons. The molecule has 0 spiro atoms. The third-order valence-corrected chi connectivity index (χ3v) is 1.54. The van der Waals surface area contributed by atoms with Crippen LogP contribution in [0.15, 0.2) is 24.3 Å². The zero-order chi connectivity index (χ0) is 7.56. The Balaban J connectivity index is 0.000001000. The first-order chi connectivity index (χ1) is 4.72. The quantitative estimate of drug-likeness (QED) is 0.566. The van der Waals surface area contributed by atoms with E-state index in [0.717, 1.165) is 0 Å². The van der Waals surface area contributed by atoms with Gasteiger partial charge in [-0.05, 0) is 12.1 Å². The van der Waals surface area contributed by atoms with E-state index in [0.29, 0.717) is 5.56 Å². The normalized spacial score (nSPS) is 8.45. The van der Waals surface area contributed by atoms with Crippen molar-refractivity contribution in [3.63, 3.8) is 0 Å². The van der Waals surface area contributed by atoms with Crippen LogP contribution < -0.4 is 0 Å². The first-order valence-electron chi connectivity index (χ1n) is 2.69. The summed E-state index contributed by atoms with van der Waals surface area (Å²) in [7, 11) is 0. The van der Waals surface area contributed by atoms with Gasteiger partial charge in [-0.1, -0.05) is 36.0 Å². The van der Waals surface area contributed by atoms with Gasteiger partial charge in [0.05, 0.1) is 0 Å². The highest BCUT2D eigenvalue weighted by atomic mass is 35.5. The summed E-state index contributed by atoms with van der Waals surface area (Å²) in [6.07, 6.45) is 0. The van der Waals surface area contributed by atoms with E-state index in [1.165, 1.54) is 0 Å². The summed E-state index contributed by atoms with van der Waals surface area (Å²) in [5, 5.41) is 9.11. The van der Waals surface area contributed by atoms with Crippen molar-refractivity contribution in [2.45, 2.75) is 0 Å². The van der Waals surface area contributed by atoms with Gasteiger partial charge in [0.1, 0.15) is 10.1 Å². The lowest BCUT2D eigenvalue weighted by molar-refractivity contribution is 0.474. The Morgan fingerprint density at radius 3 is 2.27 bits per heavy atom. The molecule has 4 heteroatoms. The Kier molecular flexibility index (Phi) is 4.42. The van der Waals surface area contributed by atoms with Crippen LogP contribution in [0, 0.1) is 0 Å². The molecule has 0 saturated heterocycles. The van der Waals surface area contributed by atoms with Crippen molar-refractivity contribution >= 4 is 40.5 Å². The van der Waals surface area contributed by atoms with Gasteiger partial charge >= 0.3 is 0 Å². The van der Waals surface area contributed by atoms with Crippen LogP contribution in [0.3, 0.4) is 0 Å². The van der Waals surface area contributed by atoms with E-state index in [1.54, 1.807) is 24.3 Å². The molecule has 1 nitrogen and oxygen atoms in total. The molecular weight excluding hydrogens is 203 g/mol. The van der Waals surface area contributed by atoms with Gasteiger partial charge in [-0.25, -0.2) is 0 Å². The van der Waals surface area contributed by atoms with Crippen LogP contribution in [0.1, 0.15) is 5.56 Å². The van der Waals surface area contributed by atoms with Crippen LogP contribution in [0.25, 0.3) is 0 Å². The second-order valence-electron chi connectivity index (χ2n) is 1.79. The van der Waals surface area contributed by atoms with E-state index in [2.05, 4.69) is 12.2 Å². The molecule has 0 fully saturated rings. The summed E-state index contributed by atoms with van der Waals surface area (Å²) in [5.41, 5.74) is 0.513. The smallest absolute Gasteiger partial charge is 0.125 e. The largest absolute Gasteiger partial charge is 0.507 e. The molecule has 0 heterocycles. The number of rotatable bonds is 1. The maximum atomic E-state index is 9.11. The summed E-state index contributed by atoms with van der Waals surface area (Å²) >= 11 is 10.1. The molecule has 0 saturated carbocycles. The molecule has 1 aromatic rings. The van der Waals surface area contributed by atoms with Crippen molar-refractivity contribution in [2.24, 2.45) is 0 Å². The number of hydrogen-bond donors (Lipinski definition) is 1. The van der Waals surface area contributed by atoms with Gasteiger partial charge in [0.25, 0.3) is 0 Å². The number of thiocarbonyl (C=S) groups is 1. The maximum Gasteiger partial charge on any atom is 0.125 e. The van der Waals surface area contributed by atoms with Crippen LogP contribution in [-0.4, -0.2) is 9.43 Å². The summed E-state index contributed by atoms with van der Waals surface area (Å²) in [4.78, 5) is 0. The summed E-state index contributed by atoms with van der Waals surface area (Å²) in [5.74, 6) is 0.127. The van der Waals surface area contributed by atoms with Crippen molar-refractivity contribution in [2.75, 3.05) is 0 Å². The van der Waals surface area contributed by atoms with Crippen molar-refractivity contribution in [1.82, 2.24) is 0 Å². The molecule has 0 amide bonds. The van der Waals surface area contributed by atoms with Gasteiger partial charge in [0, 0.05) is 5.56 Å². The van der Waals surface area contributed by atoms with Crippen molar-refractivity contribution < 1.29 is 5.11 Å². The highest BCUT2D eigenvalue weighted by Gasteiger charge is 2.00. The van der Waals surface area contributed by atoms with Crippen LogP contribution in [0.5, 0.6) is 5.75 Å². The van der Waals surface area contributed by atoms with Crippen LogP contribution in [0.4, 0.5) is 0 Å². The molecule has 1 aromatic carbocycles. The molecule has 0 atom stereocenters. The van der Waals surface area contributed by atoms with E-state index < -0.39 is 0 Å². The average Bonchev–Trinajstić information content (AvgIpc) is 1.88. The SMILES string of the molecule is Cl.Oc1ccccc1C(=S)Cl. The average molecular weight is 209 g/mol. The van der Waals surface area contributed by atoms with Gasteiger partial charge in [-0.3, -0.25) is 0 Å². The van der Waals surface area contributed by atoms with E-state index in [1.807, 2.05) is 0 Å². The van der Waals surface area contributed by atoms with E-state index in [4.69, 9.17) is 16.7 Å². The van der Waals surface area contributed by atoms with Crippen LogP contribution >= 0.6 is 36.2 Å². The lowest BCUT2D eigenvalue weighted by atomic mass is 10.2.